The summed E-state index contributed by atoms with van der Waals surface area (Å²) in [6.45, 7) is 5.75. The monoisotopic (exact) mass is 505 g/mol. The number of alkyl halides is 3. The molecule has 0 aliphatic carbocycles. The number of amides is 1. The van der Waals surface area contributed by atoms with E-state index in [0.29, 0.717) is 0 Å². The lowest BCUT2D eigenvalue weighted by molar-refractivity contribution is -0.141. The number of hydrogen-bond acceptors (Lipinski definition) is 7. The molecular weight excluding hydrogens is 479 g/mol. The highest BCUT2D eigenvalue weighted by Gasteiger charge is 2.35. The molecule has 0 aliphatic rings. The van der Waals surface area contributed by atoms with Gasteiger partial charge in [0.2, 0.25) is 0 Å². The van der Waals surface area contributed by atoms with Crippen LogP contribution in [0.5, 0.6) is 0 Å². The minimum absolute atomic E-state index is 0.154. The van der Waals surface area contributed by atoms with Crippen LogP contribution in [0, 0.1) is 5.41 Å². The van der Waals surface area contributed by atoms with E-state index in [4.69, 9.17) is 4.74 Å². The van der Waals surface area contributed by atoms with Crippen molar-refractivity contribution in [1.29, 1.82) is 0 Å². The van der Waals surface area contributed by atoms with Crippen molar-refractivity contribution in [3.8, 4) is 0 Å². The molecule has 0 bridgehead atoms. The Kier molecular flexibility index (Phi) is 8.42. The molecule has 188 valence electrons. The molecule has 2 heterocycles. The van der Waals surface area contributed by atoms with Gasteiger partial charge in [-0.05, 0) is 25.1 Å². The number of rotatable bonds is 9. The van der Waals surface area contributed by atoms with Gasteiger partial charge in [-0.15, -0.1) is 0 Å². The largest absolute Gasteiger partial charge is 0.444 e. The Bertz CT molecular complexity index is 1100. The molecule has 2 N–H and O–H groups in total. The third-order valence-corrected chi connectivity index (χ3v) is 5.98. The summed E-state index contributed by atoms with van der Waals surface area (Å²) in [4.78, 5) is 28.3. The molecule has 34 heavy (non-hydrogen) atoms. The highest BCUT2D eigenvalue weighted by Crippen LogP contribution is 2.28. The van der Waals surface area contributed by atoms with Crippen LogP contribution in [0.2, 0.25) is 0 Å². The molecule has 0 spiro atoms. The third-order valence-electron chi connectivity index (χ3n) is 4.67. The SMILES string of the molecule is C[C@H](NC(=O)O[C@H](Cn1ccc(C(F)(F)F)n1)C(C)(C)C)C(=O)CNS(=O)(=O)c1ccccn1. The van der Waals surface area contributed by atoms with Crippen LogP contribution in [-0.2, 0) is 32.3 Å². The fourth-order valence-corrected chi connectivity index (χ4v) is 3.53. The Morgan fingerprint density at radius 2 is 1.85 bits per heavy atom. The van der Waals surface area contributed by atoms with Gasteiger partial charge in [-0.1, -0.05) is 26.8 Å². The van der Waals surface area contributed by atoms with Crippen LogP contribution in [0.1, 0.15) is 33.4 Å². The molecule has 0 saturated heterocycles. The van der Waals surface area contributed by atoms with E-state index < -0.39 is 57.9 Å². The third kappa shape index (κ3) is 7.80. The van der Waals surface area contributed by atoms with Crippen molar-refractivity contribution >= 4 is 21.9 Å². The average Bonchev–Trinajstić information content (AvgIpc) is 3.21. The fraction of sp³-hybridized carbons (Fsp3) is 0.500. The van der Waals surface area contributed by atoms with Crippen molar-refractivity contribution in [1.82, 2.24) is 24.8 Å². The topological polar surface area (TPSA) is 132 Å². The molecule has 14 heteroatoms. The van der Waals surface area contributed by atoms with Crippen LogP contribution in [0.4, 0.5) is 18.0 Å². The highest BCUT2D eigenvalue weighted by molar-refractivity contribution is 7.89. The lowest BCUT2D eigenvalue weighted by atomic mass is 9.89. The minimum atomic E-state index is -4.60. The van der Waals surface area contributed by atoms with Crippen LogP contribution in [0.15, 0.2) is 41.7 Å². The second-order valence-corrected chi connectivity index (χ2v) is 10.2. The molecule has 0 aliphatic heterocycles. The number of Topliss-reactive ketones (excluding diaryl/α,β-unsaturated/α-hetero) is 1. The Morgan fingerprint density at radius 1 is 1.18 bits per heavy atom. The number of sulfonamides is 1. The number of pyridine rings is 1. The van der Waals surface area contributed by atoms with Gasteiger partial charge in [0, 0.05) is 17.8 Å². The first kappa shape index (κ1) is 27.2. The number of alkyl carbamates (subject to hydrolysis) is 1. The molecule has 1 amide bonds. The normalized spacial score (nSPS) is 14.3. The van der Waals surface area contributed by atoms with Gasteiger partial charge in [0.05, 0.1) is 19.1 Å². The van der Waals surface area contributed by atoms with E-state index in [-0.39, 0.29) is 11.6 Å². The maximum absolute atomic E-state index is 12.8. The molecule has 2 aromatic heterocycles. The Morgan fingerprint density at radius 3 is 2.38 bits per heavy atom. The zero-order valence-corrected chi connectivity index (χ0v) is 19.8. The zero-order valence-electron chi connectivity index (χ0n) is 19.0. The number of ketones is 1. The number of hydrogen-bond donors (Lipinski definition) is 2. The lowest BCUT2D eigenvalue weighted by Gasteiger charge is -2.30. The fourth-order valence-electron chi connectivity index (χ4n) is 2.59. The van der Waals surface area contributed by atoms with Crippen molar-refractivity contribution in [2.24, 2.45) is 5.41 Å². The van der Waals surface area contributed by atoms with Crippen LogP contribution >= 0.6 is 0 Å². The molecule has 10 nitrogen and oxygen atoms in total. The Labute approximate surface area is 194 Å². The van der Waals surface area contributed by atoms with Crippen molar-refractivity contribution in [2.45, 2.75) is 57.6 Å². The van der Waals surface area contributed by atoms with Gasteiger partial charge in [-0.25, -0.2) is 22.9 Å². The van der Waals surface area contributed by atoms with Gasteiger partial charge >= 0.3 is 12.3 Å². The molecule has 0 aromatic carbocycles. The zero-order chi connectivity index (χ0) is 25.7. The van der Waals surface area contributed by atoms with E-state index >= 15 is 0 Å². The number of nitrogens with zero attached hydrogens (tertiary/aromatic N) is 3. The number of aromatic nitrogens is 3. The van der Waals surface area contributed by atoms with E-state index in [1.165, 1.54) is 31.3 Å². The number of ether oxygens (including phenoxy) is 1. The van der Waals surface area contributed by atoms with Gasteiger partial charge in [-0.2, -0.15) is 18.3 Å². The summed E-state index contributed by atoms with van der Waals surface area (Å²) in [7, 11) is -4.01. The van der Waals surface area contributed by atoms with Crippen molar-refractivity contribution in [3.63, 3.8) is 0 Å². The summed E-state index contributed by atoms with van der Waals surface area (Å²) in [5, 5.41) is 5.50. The first-order chi connectivity index (χ1) is 15.6. The second-order valence-electron chi connectivity index (χ2n) is 8.51. The maximum atomic E-state index is 12.8. The number of nitrogens with one attached hydrogen (secondary N) is 2. The predicted molar refractivity (Wildman–Crippen MR) is 114 cm³/mol. The van der Waals surface area contributed by atoms with E-state index in [2.05, 4.69) is 20.1 Å². The maximum Gasteiger partial charge on any atom is 0.435 e. The van der Waals surface area contributed by atoms with E-state index in [1.807, 2.05) is 0 Å². The van der Waals surface area contributed by atoms with Gasteiger partial charge in [0.1, 0.15) is 6.10 Å². The van der Waals surface area contributed by atoms with Crippen molar-refractivity contribution in [2.75, 3.05) is 6.54 Å². The molecule has 2 atom stereocenters. The van der Waals surface area contributed by atoms with E-state index in [9.17, 15) is 31.2 Å². The molecule has 2 aromatic rings. The van der Waals surface area contributed by atoms with E-state index in [1.54, 1.807) is 20.8 Å². The molecular formula is C20H26F3N5O5S. The predicted octanol–water partition coefficient (Wildman–Crippen LogP) is 2.37. The number of carbonyl (C=O) groups excluding carboxylic acids is 2. The molecule has 0 saturated carbocycles. The Balaban J connectivity index is 1.95. The summed E-state index contributed by atoms with van der Waals surface area (Å²) in [5.74, 6) is -0.648. The standard InChI is InChI=1S/C20H26F3N5O5S/c1-13(14(29)11-25-34(31,32)17-7-5-6-9-24-17)26-18(30)33-16(19(2,3)4)12-28-10-8-15(27-28)20(21,22)23/h5-10,13,16,25H,11-12H2,1-4H3,(H,26,30)/t13-,16+/m0/s1. The minimum Gasteiger partial charge on any atom is -0.444 e. The molecule has 0 radical (unpaired) electrons. The van der Waals surface area contributed by atoms with Crippen LogP contribution < -0.4 is 10.0 Å². The smallest absolute Gasteiger partial charge is 0.435 e. The van der Waals surface area contributed by atoms with Crippen LogP contribution in [-0.4, -0.2) is 53.7 Å². The number of halogens is 3. The molecule has 0 unspecified atom stereocenters. The van der Waals surface area contributed by atoms with Gasteiger partial charge in [0.15, 0.2) is 16.5 Å². The lowest BCUT2D eigenvalue weighted by Crippen LogP contribution is -2.46. The van der Waals surface area contributed by atoms with E-state index in [0.717, 1.165) is 16.9 Å². The van der Waals surface area contributed by atoms with Crippen molar-refractivity contribution in [3.05, 3.63) is 42.4 Å². The summed E-state index contributed by atoms with van der Waals surface area (Å²) in [5.41, 5.74) is -1.75. The average molecular weight is 506 g/mol. The molecule has 0 fully saturated rings. The summed E-state index contributed by atoms with van der Waals surface area (Å²) in [6, 6.07) is 3.97. The summed E-state index contributed by atoms with van der Waals surface area (Å²) in [6.07, 6.45) is -4.07. The second kappa shape index (κ2) is 10.5. The van der Waals surface area contributed by atoms with Crippen LogP contribution in [0.3, 0.4) is 0 Å². The van der Waals surface area contributed by atoms with Crippen LogP contribution in [0.25, 0.3) is 0 Å². The van der Waals surface area contributed by atoms with Crippen molar-refractivity contribution < 1.29 is 35.9 Å². The highest BCUT2D eigenvalue weighted by atomic mass is 32.2. The summed E-state index contributed by atoms with van der Waals surface area (Å²) >= 11 is 0. The first-order valence-corrected chi connectivity index (χ1v) is 11.6. The number of carbonyl (C=O) groups is 2. The van der Waals surface area contributed by atoms with Gasteiger partial charge in [0.25, 0.3) is 10.0 Å². The quantitative estimate of drug-likeness (QED) is 0.535. The Hall–Kier alpha value is -3.00. The van der Waals surface area contributed by atoms with Gasteiger partial charge in [-0.3, -0.25) is 9.48 Å². The first-order valence-electron chi connectivity index (χ1n) is 10.1. The summed E-state index contributed by atoms with van der Waals surface area (Å²) < 4.78 is 71.2. The molecule has 2 rings (SSSR count). The van der Waals surface area contributed by atoms with Gasteiger partial charge < -0.3 is 10.1 Å².